The number of anilines is 1. The number of benzene rings is 1. The van der Waals surface area contributed by atoms with Gasteiger partial charge in [-0.25, -0.2) is 4.79 Å². The fourth-order valence-electron chi connectivity index (χ4n) is 4.21. The number of nitrogens with zero attached hydrogens (tertiary/aromatic N) is 2. The highest BCUT2D eigenvalue weighted by molar-refractivity contribution is 5.91. The quantitative estimate of drug-likeness (QED) is 0.897. The molecule has 0 spiro atoms. The van der Waals surface area contributed by atoms with Crippen LogP contribution in [0.5, 0.6) is 0 Å². The third-order valence-electron chi connectivity index (χ3n) is 5.47. The van der Waals surface area contributed by atoms with Crippen molar-refractivity contribution >= 4 is 11.7 Å². The first-order valence-corrected chi connectivity index (χ1v) is 9.38. The molecule has 1 N–H and O–H groups in total. The number of urea groups is 1. The Bertz CT molecular complexity index is 781. The molecule has 5 heteroatoms. The minimum Gasteiger partial charge on any atom is -0.378 e. The molecule has 2 atom stereocenters. The Morgan fingerprint density at radius 1 is 1.23 bits per heavy atom. The van der Waals surface area contributed by atoms with Gasteiger partial charge in [0.2, 0.25) is 0 Å². The third kappa shape index (κ3) is 3.19. The zero-order chi connectivity index (χ0) is 18.1. The van der Waals surface area contributed by atoms with Crippen molar-refractivity contribution in [3.63, 3.8) is 0 Å². The summed E-state index contributed by atoms with van der Waals surface area (Å²) in [6.07, 6.45) is 5.10. The van der Waals surface area contributed by atoms with Gasteiger partial charge in [0.15, 0.2) is 0 Å². The van der Waals surface area contributed by atoms with Crippen LogP contribution in [0.15, 0.2) is 42.6 Å². The van der Waals surface area contributed by atoms with Crippen LogP contribution in [0.4, 0.5) is 10.5 Å². The number of fused-ring (bicyclic) bond motifs is 2. The summed E-state index contributed by atoms with van der Waals surface area (Å²) >= 11 is 0. The zero-order valence-electron chi connectivity index (χ0n) is 15.3. The predicted molar refractivity (Wildman–Crippen MR) is 102 cm³/mol. The second-order valence-electron chi connectivity index (χ2n) is 7.17. The van der Waals surface area contributed by atoms with Crippen LogP contribution in [-0.2, 0) is 4.74 Å². The standard InChI is InChI=1S/C21H25N3O2/c1-3-26-18-12-16-11-17(13-18)24(16)21(25)23-15-8-7-14(2)19(10-15)20-6-4-5-9-22-20/h4-10,16-18H,3,11-13H2,1-2H3,(H,23,25). The van der Waals surface area contributed by atoms with Crippen molar-refractivity contribution in [3.05, 3.63) is 48.2 Å². The van der Waals surface area contributed by atoms with Crippen LogP contribution >= 0.6 is 0 Å². The minimum absolute atomic E-state index is 0.00276. The first-order chi connectivity index (χ1) is 12.7. The predicted octanol–water partition coefficient (Wildman–Crippen LogP) is 4.23. The molecular weight excluding hydrogens is 326 g/mol. The van der Waals surface area contributed by atoms with E-state index in [9.17, 15) is 4.79 Å². The Kier molecular flexibility index (Phi) is 4.64. The number of hydrogen-bond acceptors (Lipinski definition) is 3. The number of pyridine rings is 1. The number of aromatic nitrogens is 1. The molecule has 3 fully saturated rings. The largest absolute Gasteiger partial charge is 0.378 e. The summed E-state index contributed by atoms with van der Waals surface area (Å²) in [6.45, 7) is 4.83. The van der Waals surface area contributed by atoms with Gasteiger partial charge in [-0.05, 0) is 62.9 Å². The van der Waals surface area contributed by atoms with Crippen molar-refractivity contribution in [2.45, 2.75) is 51.3 Å². The van der Waals surface area contributed by atoms with Crippen LogP contribution in [0.3, 0.4) is 0 Å². The Morgan fingerprint density at radius 3 is 2.73 bits per heavy atom. The number of carbonyl (C=O) groups is 1. The molecule has 2 bridgehead atoms. The molecular formula is C21H25N3O2. The minimum atomic E-state index is -0.00276. The maximum atomic E-state index is 12.8. The lowest BCUT2D eigenvalue weighted by molar-refractivity contribution is -0.0753. The second kappa shape index (κ2) is 7.08. The average Bonchev–Trinajstić information content (AvgIpc) is 2.64. The first kappa shape index (κ1) is 17.0. The van der Waals surface area contributed by atoms with Gasteiger partial charge in [-0.1, -0.05) is 12.1 Å². The highest BCUT2D eigenvalue weighted by atomic mass is 16.5. The van der Waals surface area contributed by atoms with Crippen molar-refractivity contribution in [2.75, 3.05) is 11.9 Å². The van der Waals surface area contributed by atoms with E-state index >= 15 is 0 Å². The van der Waals surface area contributed by atoms with Gasteiger partial charge < -0.3 is 15.0 Å². The normalized spacial score (nSPS) is 24.1. The second-order valence-corrected chi connectivity index (χ2v) is 7.17. The maximum Gasteiger partial charge on any atom is 0.322 e. The van der Waals surface area contributed by atoms with Gasteiger partial charge in [-0.2, -0.15) is 0 Å². The molecule has 2 amide bonds. The van der Waals surface area contributed by atoms with Crippen LogP contribution in [0.1, 0.15) is 31.7 Å². The molecule has 2 unspecified atom stereocenters. The number of nitrogens with one attached hydrogen (secondary N) is 1. The number of hydrogen-bond donors (Lipinski definition) is 1. The van der Waals surface area contributed by atoms with E-state index in [0.717, 1.165) is 48.4 Å². The molecule has 1 saturated carbocycles. The maximum absolute atomic E-state index is 12.8. The van der Waals surface area contributed by atoms with Crippen molar-refractivity contribution in [1.82, 2.24) is 9.88 Å². The lowest BCUT2D eigenvalue weighted by Crippen LogP contribution is -2.65. The van der Waals surface area contributed by atoms with Crippen LogP contribution < -0.4 is 5.32 Å². The molecule has 5 nitrogen and oxygen atoms in total. The molecule has 26 heavy (non-hydrogen) atoms. The molecule has 1 aliphatic carbocycles. The van der Waals surface area contributed by atoms with Gasteiger partial charge in [0.25, 0.3) is 0 Å². The number of aryl methyl sites for hydroxylation is 1. The highest BCUT2D eigenvalue weighted by Gasteiger charge is 2.48. The van der Waals surface area contributed by atoms with E-state index < -0.39 is 0 Å². The summed E-state index contributed by atoms with van der Waals surface area (Å²) in [5.74, 6) is 0. The van der Waals surface area contributed by atoms with E-state index in [2.05, 4.69) is 17.2 Å². The molecule has 3 aliphatic rings. The number of amides is 2. The summed E-state index contributed by atoms with van der Waals surface area (Å²) in [5.41, 5.74) is 3.92. The van der Waals surface area contributed by atoms with Crippen molar-refractivity contribution in [2.24, 2.45) is 0 Å². The van der Waals surface area contributed by atoms with Crippen molar-refractivity contribution in [3.8, 4) is 11.3 Å². The molecule has 2 aliphatic heterocycles. The third-order valence-corrected chi connectivity index (χ3v) is 5.47. The molecule has 2 aromatic rings. The van der Waals surface area contributed by atoms with Gasteiger partial charge in [0, 0.05) is 36.1 Å². The van der Waals surface area contributed by atoms with Crippen LogP contribution in [0.25, 0.3) is 11.3 Å². The van der Waals surface area contributed by atoms with E-state index in [1.807, 2.05) is 48.2 Å². The molecule has 2 saturated heterocycles. The van der Waals surface area contributed by atoms with Crippen LogP contribution in [0, 0.1) is 6.92 Å². The number of carbonyl (C=O) groups excluding carboxylic acids is 1. The van der Waals surface area contributed by atoms with Crippen LogP contribution in [0.2, 0.25) is 0 Å². The summed E-state index contributed by atoms with van der Waals surface area (Å²) in [4.78, 5) is 19.2. The van der Waals surface area contributed by atoms with E-state index in [4.69, 9.17) is 4.74 Å². The fraction of sp³-hybridized carbons (Fsp3) is 0.429. The molecule has 136 valence electrons. The Balaban J connectivity index is 1.46. The SMILES string of the molecule is CCOC1CC2CC(C1)N2C(=O)Nc1ccc(C)c(-c2ccccn2)c1. The lowest BCUT2D eigenvalue weighted by atomic mass is 9.78. The van der Waals surface area contributed by atoms with E-state index in [1.54, 1.807) is 6.20 Å². The number of ether oxygens (including phenoxy) is 1. The van der Waals surface area contributed by atoms with E-state index in [0.29, 0.717) is 18.2 Å². The lowest BCUT2D eigenvalue weighted by Gasteiger charge is -2.54. The fourth-order valence-corrected chi connectivity index (χ4v) is 4.21. The average molecular weight is 351 g/mol. The van der Waals surface area contributed by atoms with Gasteiger partial charge in [-0.3, -0.25) is 4.98 Å². The molecule has 1 aromatic carbocycles. The summed E-state index contributed by atoms with van der Waals surface area (Å²) < 4.78 is 5.74. The monoisotopic (exact) mass is 351 g/mol. The summed E-state index contributed by atoms with van der Waals surface area (Å²) in [5, 5.41) is 3.08. The van der Waals surface area contributed by atoms with Gasteiger partial charge >= 0.3 is 6.03 Å². The number of rotatable bonds is 4. The molecule has 5 rings (SSSR count). The van der Waals surface area contributed by atoms with Gasteiger partial charge in [0.05, 0.1) is 11.8 Å². The zero-order valence-corrected chi connectivity index (χ0v) is 15.3. The molecule has 0 radical (unpaired) electrons. The Labute approximate surface area is 154 Å². The topological polar surface area (TPSA) is 54.5 Å². The first-order valence-electron chi connectivity index (χ1n) is 9.38. The van der Waals surface area contributed by atoms with Crippen LogP contribution in [-0.4, -0.2) is 40.7 Å². The van der Waals surface area contributed by atoms with Crippen molar-refractivity contribution < 1.29 is 9.53 Å². The molecule has 3 heterocycles. The summed E-state index contributed by atoms with van der Waals surface area (Å²) in [6, 6.07) is 12.5. The Hall–Kier alpha value is -2.40. The van der Waals surface area contributed by atoms with E-state index in [1.165, 1.54) is 0 Å². The van der Waals surface area contributed by atoms with Gasteiger partial charge in [-0.15, -0.1) is 0 Å². The van der Waals surface area contributed by atoms with Crippen molar-refractivity contribution in [1.29, 1.82) is 0 Å². The van der Waals surface area contributed by atoms with Gasteiger partial charge in [0.1, 0.15) is 0 Å². The smallest absolute Gasteiger partial charge is 0.322 e. The number of piperidine rings is 1. The highest BCUT2D eigenvalue weighted by Crippen LogP contribution is 2.40. The van der Waals surface area contributed by atoms with E-state index in [-0.39, 0.29) is 6.03 Å². The molecule has 1 aromatic heterocycles. The summed E-state index contributed by atoms with van der Waals surface area (Å²) in [7, 11) is 0. The Morgan fingerprint density at radius 2 is 2.04 bits per heavy atom.